The molecule has 4 heteroatoms. The van der Waals surface area contributed by atoms with Crippen molar-refractivity contribution >= 4 is 0 Å². The summed E-state index contributed by atoms with van der Waals surface area (Å²) in [6.07, 6.45) is 3.64. The summed E-state index contributed by atoms with van der Waals surface area (Å²) in [7, 11) is 2.22. The zero-order chi connectivity index (χ0) is 16.3. The Hall–Kier alpha value is -1.26. The number of hydrogen-bond acceptors (Lipinski definition) is 4. The number of ether oxygens (including phenoxy) is 2. The van der Waals surface area contributed by atoms with Crippen LogP contribution in [0.15, 0.2) is 0 Å². The van der Waals surface area contributed by atoms with Crippen molar-refractivity contribution in [3.63, 3.8) is 0 Å². The Morgan fingerprint density at radius 2 is 1.74 bits per heavy atom. The summed E-state index contributed by atoms with van der Waals surface area (Å²) in [5.41, 5.74) is 11.4. The lowest BCUT2D eigenvalue weighted by Crippen LogP contribution is -2.21. The molecule has 3 heterocycles. The van der Waals surface area contributed by atoms with Crippen molar-refractivity contribution in [1.82, 2.24) is 4.90 Å². The molecular weight excluding hydrogens is 288 g/mol. The van der Waals surface area contributed by atoms with Crippen molar-refractivity contribution in [1.29, 1.82) is 0 Å². The molecule has 23 heavy (non-hydrogen) atoms. The van der Waals surface area contributed by atoms with Crippen LogP contribution in [0.25, 0.3) is 0 Å². The van der Waals surface area contributed by atoms with Crippen LogP contribution in [0.4, 0.5) is 0 Å². The van der Waals surface area contributed by atoms with E-state index in [1.54, 1.807) is 0 Å². The van der Waals surface area contributed by atoms with Crippen molar-refractivity contribution < 1.29 is 9.47 Å². The number of fused-ring (bicyclic) bond motifs is 2. The summed E-state index contributed by atoms with van der Waals surface area (Å²) in [5.74, 6) is 2.87. The van der Waals surface area contributed by atoms with Crippen LogP contribution in [0, 0.1) is 12.8 Å². The molecule has 0 amide bonds. The minimum atomic E-state index is 0.263. The van der Waals surface area contributed by atoms with Gasteiger partial charge in [0, 0.05) is 42.1 Å². The van der Waals surface area contributed by atoms with Crippen LogP contribution < -0.4 is 15.2 Å². The van der Waals surface area contributed by atoms with Gasteiger partial charge in [-0.25, -0.2) is 0 Å². The van der Waals surface area contributed by atoms with Gasteiger partial charge in [0.15, 0.2) is 0 Å². The van der Waals surface area contributed by atoms with Gasteiger partial charge in [0.25, 0.3) is 0 Å². The van der Waals surface area contributed by atoms with E-state index < -0.39 is 0 Å². The molecule has 0 saturated carbocycles. The van der Waals surface area contributed by atoms with Crippen molar-refractivity contribution in [2.24, 2.45) is 11.7 Å². The highest BCUT2D eigenvalue weighted by Gasteiger charge is 2.40. The summed E-state index contributed by atoms with van der Waals surface area (Å²) >= 11 is 0. The highest BCUT2D eigenvalue weighted by molar-refractivity contribution is 5.63. The molecular formula is C19H28N2O2. The number of rotatable bonds is 2. The van der Waals surface area contributed by atoms with Gasteiger partial charge in [0.05, 0.1) is 0 Å². The minimum absolute atomic E-state index is 0.263. The smallest absolute Gasteiger partial charge is 0.128 e. The topological polar surface area (TPSA) is 47.7 Å². The molecule has 2 N–H and O–H groups in total. The fourth-order valence-corrected chi connectivity index (χ4v) is 4.72. The standard InChI is InChI=1S/C19H28N2O2/c1-10-5-14-12(3)18-15(6-11(2)22-18)17(19(14)23-10)16-7-13(8-20)9-21(16)4/h10-11,13,16H,5-9,20H2,1-4H3. The van der Waals surface area contributed by atoms with E-state index in [9.17, 15) is 0 Å². The van der Waals surface area contributed by atoms with E-state index in [0.717, 1.165) is 43.9 Å². The van der Waals surface area contributed by atoms with Gasteiger partial charge in [-0.2, -0.15) is 0 Å². The Morgan fingerprint density at radius 3 is 2.39 bits per heavy atom. The van der Waals surface area contributed by atoms with Crippen molar-refractivity contribution in [2.75, 3.05) is 20.1 Å². The first-order chi connectivity index (χ1) is 11.0. The Labute approximate surface area is 138 Å². The van der Waals surface area contributed by atoms with E-state index in [-0.39, 0.29) is 12.2 Å². The molecule has 4 nitrogen and oxygen atoms in total. The van der Waals surface area contributed by atoms with Crippen LogP contribution in [-0.2, 0) is 12.8 Å². The fraction of sp³-hybridized carbons (Fsp3) is 0.684. The minimum Gasteiger partial charge on any atom is -0.490 e. The summed E-state index contributed by atoms with van der Waals surface area (Å²) in [5, 5.41) is 0. The lowest BCUT2D eigenvalue weighted by molar-refractivity contribution is 0.242. The van der Waals surface area contributed by atoms with Crippen molar-refractivity contribution in [3.05, 3.63) is 22.3 Å². The monoisotopic (exact) mass is 316 g/mol. The normalized spacial score (nSPS) is 32.6. The Kier molecular flexibility index (Phi) is 3.58. The molecule has 4 rings (SSSR count). The summed E-state index contributed by atoms with van der Waals surface area (Å²) < 4.78 is 12.5. The number of likely N-dealkylation sites (tertiary alicyclic amines) is 1. The number of nitrogens with zero attached hydrogens (tertiary/aromatic N) is 1. The van der Waals surface area contributed by atoms with Gasteiger partial charge in [-0.3, -0.25) is 4.90 Å². The average molecular weight is 316 g/mol. The van der Waals surface area contributed by atoms with E-state index in [1.807, 2.05) is 0 Å². The predicted molar refractivity (Wildman–Crippen MR) is 91.3 cm³/mol. The number of nitrogens with two attached hydrogens (primary N) is 1. The van der Waals surface area contributed by atoms with Crippen LogP contribution in [0.5, 0.6) is 11.5 Å². The summed E-state index contributed by atoms with van der Waals surface area (Å²) in [6, 6.07) is 0.408. The van der Waals surface area contributed by atoms with Gasteiger partial charge < -0.3 is 15.2 Å². The van der Waals surface area contributed by atoms with Crippen molar-refractivity contribution in [2.45, 2.75) is 58.3 Å². The predicted octanol–water partition coefficient (Wildman–Crippen LogP) is 2.59. The second-order valence-electron chi connectivity index (χ2n) is 7.71. The molecule has 3 aliphatic heterocycles. The highest BCUT2D eigenvalue weighted by atomic mass is 16.5. The lowest BCUT2D eigenvalue weighted by atomic mass is 9.88. The van der Waals surface area contributed by atoms with Gasteiger partial charge in [-0.15, -0.1) is 0 Å². The first kappa shape index (κ1) is 15.3. The molecule has 3 aliphatic rings. The Bertz CT molecular complexity index is 604. The molecule has 0 aliphatic carbocycles. The van der Waals surface area contributed by atoms with E-state index in [0.29, 0.717) is 12.0 Å². The third-order valence-electron chi connectivity index (χ3n) is 5.83. The molecule has 0 aromatic heterocycles. The number of benzene rings is 1. The Morgan fingerprint density at radius 1 is 1.09 bits per heavy atom. The van der Waals surface area contributed by atoms with E-state index in [4.69, 9.17) is 15.2 Å². The average Bonchev–Trinajstić information content (AvgIpc) is 3.17. The zero-order valence-corrected chi connectivity index (χ0v) is 14.7. The maximum atomic E-state index is 6.30. The first-order valence-corrected chi connectivity index (χ1v) is 8.91. The molecule has 1 fully saturated rings. The van der Waals surface area contributed by atoms with Gasteiger partial charge in [-0.05, 0) is 52.3 Å². The van der Waals surface area contributed by atoms with Crippen LogP contribution in [-0.4, -0.2) is 37.2 Å². The van der Waals surface area contributed by atoms with E-state index in [1.165, 1.54) is 22.3 Å². The fourth-order valence-electron chi connectivity index (χ4n) is 4.72. The molecule has 0 spiro atoms. The molecule has 0 radical (unpaired) electrons. The highest BCUT2D eigenvalue weighted by Crippen LogP contribution is 2.51. The zero-order valence-electron chi connectivity index (χ0n) is 14.7. The maximum absolute atomic E-state index is 6.30. The summed E-state index contributed by atoms with van der Waals surface area (Å²) in [4.78, 5) is 2.46. The van der Waals surface area contributed by atoms with Gasteiger partial charge in [-0.1, -0.05) is 0 Å². The van der Waals surface area contributed by atoms with E-state index in [2.05, 4.69) is 32.7 Å². The summed E-state index contributed by atoms with van der Waals surface area (Å²) in [6.45, 7) is 8.37. The molecule has 4 unspecified atom stereocenters. The molecule has 1 aromatic rings. The van der Waals surface area contributed by atoms with Gasteiger partial charge in [0.1, 0.15) is 23.7 Å². The van der Waals surface area contributed by atoms with Crippen LogP contribution in [0.3, 0.4) is 0 Å². The van der Waals surface area contributed by atoms with Gasteiger partial charge >= 0.3 is 0 Å². The van der Waals surface area contributed by atoms with Gasteiger partial charge in [0.2, 0.25) is 0 Å². The van der Waals surface area contributed by atoms with Crippen LogP contribution >= 0.6 is 0 Å². The van der Waals surface area contributed by atoms with Crippen LogP contribution in [0.1, 0.15) is 48.6 Å². The van der Waals surface area contributed by atoms with Crippen molar-refractivity contribution in [3.8, 4) is 11.5 Å². The molecule has 126 valence electrons. The SMILES string of the molecule is Cc1c2c(c(C3CC(CN)CN3C)c3c1OC(C)C3)OC(C)C2. The molecule has 0 bridgehead atoms. The quantitative estimate of drug-likeness (QED) is 0.911. The molecule has 1 aromatic carbocycles. The Balaban J connectivity index is 1.87. The largest absolute Gasteiger partial charge is 0.490 e. The second kappa shape index (κ2) is 5.38. The third kappa shape index (κ3) is 2.26. The van der Waals surface area contributed by atoms with E-state index >= 15 is 0 Å². The third-order valence-corrected chi connectivity index (χ3v) is 5.83. The molecule has 1 saturated heterocycles. The first-order valence-electron chi connectivity index (χ1n) is 8.91. The molecule has 4 atom stereocenters. The van der Waals surface area contributed by atoms with Crippen LogP contribution in [0.2, 0.25) is 0 Å². The number of hydrogen-bond donors (Lipinski definition) is 1. The lowest BCUT2D eigenvalue weighted by Gasteiger charge is -2.25. The second-order valence-corrected chi connectivity index (χ2v) is 7.71. The maximum Gasteiger partial charge on any atom is 0.128 e.